The van der Waals surface area contributed by atoms with Gasteiger partial charge in [-0.25, -0.2) is 4.39 Å². The second-order valence-corrected chi connectivity index (χ2v) is 5.02. The van der Waals surface area contributed by atoms with Gasteiger partial charge in [0.15, 0.2) is 0 Å². The number of methoxy groups -OCH3 is 1. The Hall–Kier alpha value is -1.90. The maximum Gasteiger partial charge on any atom is 0.256 e. The number of nitrogens with zero attached hydrogens (tertiary/aromatic N) is 1. The van der Waals surface area contributed by atoms with Crippen molar-refractivity contribution >= 4 is 5.91 Å². The fourth-order valence-electron chi connectivity index (χ4n) is 2.47. The molecule has 1 aliphatic rings. The van der Waals surface area contributed by atoms with Gasteiger partial charge in [0.25, 0.3) is 5.91 Å². The number of likely N-dealkylation sites (tertiary alicyclic amines) is 1. The summed E-state index contributed by atoms with van der Waals surface area (Å²) < 4.78 is 19.0. The van der Waals surface area contributed by atoms with E-state index in [4.69, 9.17) is 9.84 Å². The lowest BCUT2D eigenvalue weighted by Crippen LogP contribution is -2.30. The number of aliphatic hydroxyl groups excluding tert-OH is 1. The molecule has 1 heterocycles. The first kappa shape index (κ1) is 15.5. The number of hydrogen-bond acceptors (Lipinski definition) is 3. The van der Waals surface area contributed by atoms with E-state index in [2.05, 4.69) is 11.8 Å². The van der Waals surface area contributed by atoms with E-state index in [1.165, 1.54) is 18.2 Å². The lowest BCUT2D eigenvalue weighted by molar-refractivity contribution is 0.0771. The van der Waals surface area contributed by atoms with Crippen LogP contribution in [-0.4, -0.2) is 49.3 Å². The van der Waals surface area contributed by atoms with Crippen LogP contribution < -0.4 is 0 Å². The molecule has 1 aliphatic heterocycles. The molecule has 1 amide bonds. The number of halogens is 1. The highest BCUT2D eigenvalue weighted by Gasteiger charge is 2.28. The van der Waals surface area contributed by atoms with E-state index in [9.17, 15) is 9.18 Å². The van der Waals surface area contributed by atoms with E-state index in [0.717, 1.165) is 6.42 Å². The molecule has 2 rings (SSSR count). The summed E-state index contributed by atoms with van der Waals surface area (Å²) >= 11 is 0. The van der Waals surface area contributed by atoms with Gasteiger partial charge in [0.05, 0.1) is 12.2 Å². The average Bonchev–Trinajstić information content (AvgIpc) is 2.95. The minimum atomic E-state index is -0.551. The molecule has 1 unspecified atom stereocenters. The lowest BCUT2D eigenvalue weighted by atomic mass is 10.1. The Labute approximate surface area is 123 Å². The summed E-state index contributed by atoms with van der Waals surface area (Å²) in [6.45, 7) is 1.53. The lowest BCUT2D eigenvalue weighted by Gasteiger charge is -2.17. The Bertz CT molecular complexity index is 577. The number of carbonyl (C=O) groups is 1. The van der Waals surface area contributed by atoms with Crippen LogP contribution in [0.4, 0.5) is 4.39 Å². The third-order valence-corrected chi connectivity index (χ3v) is 3.48. The molecule has 1 N–H and O–H groups in total. The van der Waals surface area contributed by atoms with E-state index < -0.39 is 5.82 Å². The van der Waals surface area contributed by atoms with Crippen LogP contribution in [0.25, 0.3) is 0 Å². The van der Waals surface area contributed by atoms with Crippen LogP contribution >= 0.6 is 0 Å². The first-order valence-electron chi connectivity index (χ1n) is 6.83. The van der Waals surface area contributed by atoms with Gasteiger partial charge in [-0.3, -0.25) is 4.79 Å². The molecule has 1 aromatic carbocycles. The van der Waals surface area contributed by atoms with Crippen molar-refractivity contribution in [2.75, 3.05) is 33.4 Å². The zero-order chi connectivity index (χ0) is 15.2. The summed E-state index contributed by atoms with van der Waals surface area (Å²) in [6, 6.07) is 4.16. The number of benzene rings is 1. The second-order valence-electron chi connectivity index (χ2n) is 5.02. The Morgan fingerprint density at radius 3 is 3.10 bits per heavy atom. The van der Waals surface area contributed by atoms with Gasteiger partial charge in [-0.2, -0.15) is 0 Å². The highest BCUT2D eigenvalue weighted by Crippen LogP contribution is 2.20. The number of amides is 1. The summed E-state index contributed by atoms with van der Waals surface area (Å²) in [5.41, 5.74) is 0.541. The maximum absolute atomic E-state index is 13.9. The van der Waals surface area contributed by atoms with Crippen LogP contribution in [0, 0.1) is 23.6 Å². The molecule has 112 valence electrons. The normalized spacial score (nSPS) is 17.5. The Kier molecular flexibility index (Phi) is 5.32. The van der Waals surface area contributed by atoms with Crippen LogP contribution in [-0.2, 0) is 4.74 Å². The highest BCUT2D eigenvalue weighted by molar-refractivity contribution is 5.95. The molecule has 0 aliphatic carbocycles. The summed E-state index contributed by atoms with van der Waals surface area (Å²) in [6.07, 6.45) is 0.866. The fraction of sp³-hybridized carbons (Fsp3) is 0.438. The van der Waals surface area contributed by atoms with Crippen molar-refractivity contribution in [1.82, 2.24) is 4.90 Å². The molecule has 1 atom stereocenters. The van der Waals surface area contributed by atoms with Gasteiger partial charge < -0.3 is 14.7 Å². The molecule has 21 heavy (non-hydrogen) atoms. The van der Waals surface area contributed by atoms with Gasteiger partial charge in [0.2, 0.25) is 0 Å². The van der Waals surface area contributed by atoms with Gasteiger partial charge in [0.1, 0.15) is 12.4 Å². The van der Waals surface area contributed by atoms with Crippen molar-refractivity contribution in [3.05, 3.63) is 35.1 Å². The minimum absolute atomic E-state index is 0.0257. The highest BCUT2D eigenvalue weighted by atomic mass is 19.1. The van der Waals surface area contributed by atoms with E-state index in [1.54, 1.807) is 12.0 Å². The average molecular weight is 291 g/mol. The molecule has 4 nitrogen and oxygen atoms in total. The molecule has 1 aromatic rings. The molecule has 1 fully saturated rings. The third kappa shape index (κ3) is 3.81. The number of carbonyl (C=O) groups excluding carboxylic acids is 1. The molecular weight excluding hydrogens is 273 g/mol. The predicted octanol–water partition coefficient (Wildman–Crippen LogP) is 1.28. The van der Waals surface area contributed by atoms with Crippen molar-refractivity contribution in [2.24, 2.45) is 5.92 Å². The Morgan fingerprint density at radius 1 is 1.57 bits per heavy atom. The second kappa shape index (κ2) is 7.21. The van der Waals surface area contributed by atoms with Crippen LogP contribution in [0.5, 0.6) is 0 Å². The summed E-state index contributed by atoms with van der Waals surface area (Å²) in [4.78, 5) is 14.0. The van der Waals surface area contributed by atoms with Crippen molar-refractivity contribution in [3.8, 4) is 11.8 Å². The Morgan fingerprint density at radius 2 is 2.38 bits per heavy atom. The van der Waals surface area contributed by atoms with Gasteiger partial charge >= 0.3 is 0 Å². The van der Waals surface area contributed by atoms with Gasteiger partial charge in [-0.1, -0.05) is 11.8 Å². The number of aliphatic hydroxyl groups is 1. The van der Waals surface area contributed by atoms with Gasteiger partial charge in [0, 0.05) is 31.7 Å². The third-order valence-electron chi connectivity index (χ3n) is 3.48. The van der Waals surface area contributed by atoms with Crippen molar-refractivity contribution in [3.63, 3.8) is 0 Å². The number of hydrogen-bond donors (Lipinski definition) is 1. The molecule has 0 spiro atoms. The fourth-order valence-corrected chi connectivity index (χ4v) is 2.47. The minimum Gasteiger partial charge on any atom is -0.384 e. The standard InChI is InChI=1S/C16H18FNO3/c1-21-11-13-6-7-18(10-13)16(20)14-9-12(3-2-8-19)4-5-15(14)17/h4-5,9,13,19H,6-8,10-11H2,1H3. The quantitative estimate of drug-likeness (QED) is 0.854. The molecule has 0 bridgehead atoms. The zero-order valence-electron chi connectivity index (χ0n) is 11.9. The molecule has 0 saturated carbocycles. The summed E-state index contributed by atoms with van der Waals surface area (Å²) in [5, 5.41) is 8.68. The van der Waals surface area contributed by atoms with E-state index >= 15 is 0 Å². The monoisotopic (exact) mass is 291 g/mol. The smallest absolute Gasteiger partial charge is 0.256 e. The maximum atomic E-state index is 13.9. The Balaban J connectivity index is 2.15. The molecule has 0 radical (unpaired) electrons. The van der Waals surface area contributed by atoms with Gasteiger partial charge in [-0.15, -0.1) is 0 Å². The molecule has 0 aromatic heterocycles. The SMILES string of the molecule is COCC1CCN(C(=O)c2cc(C#CCO)ccc2F)C1. The van der Waals surface area contributed by atoms with Crippen LogP contribution in [0.1, 0.15) is 22.3 Å². The zero-order valence-corrected chi connectivity index (χ0v) is 11.9. The molecule has 5 heteroatoms. The first-order chi connectivity index (χ1) is 10.2. The van der Waals surface area contributed by atoms with Gasteiger partial charge in [-0.05, 0) is 24.6 Å². The van der Waals surface area contributed by atoms with E-state index in [1.807, 2.05) is 0 Å². The summed E-state index contributed by atoms with van der Waals surface area (Å²) in [5.74, 6) is 4.60. The predicted molar refractivity (Wildman–Crippen MR) is 76.3 cm³/mol. The topological polar surface area (TPSA) is 49.8 Å². The van der Waals surface area contributed by atoms with Crippen molar-refractivity contribution in [2.45, 2.75) is 6.42 Å². The first-order valence-corrected chi connectivity index (χ1v) is 6.83. The van der Waals surface area contributed by atoms with Crippen molar-refractivity contribution in [1.29, 1.82) is 0 Å². The van der Waals surface area contributed by atoms with Crippen LogP contribution in [0.3, 0.4) is 0 Å². The largest absolute Gasteiger partial charge is 0.384 e. The molecular formula is C16H18FNO3. The van der Waals surface area contributed by atoms with Crippen LogP contribution in [0.2, 0.25) is 0 Å². The van der Waals surface area contributed by atoms with E-state index in [0.29, 0.717) is 31.2 Å². The number of rotatable bonds is 3. The van der Waals surface area contributed by atoms with Crippen molar-refractivity contribution < 1.29 is 19.0 Å². The number of ether oxygens (including phenoxy) is 1. The molecule has 1 saturated heterocycles. The van der Waals surface area contributed by atoms with Crippen LogP contribution in [0.15, 0.2) is 18.2 Å². The summed E-state index contributed by atoms with van der Waals surface area (Å²) in [7, 11) is 1.63. The van der Waals surface area contributed by atoms with E-state index in [-0.39, 0.29) is 18.1 Å².